The van der Waals surface area contributed by atoms with Crippen LogP contribution in [0, 0.1) is 5.41 Å². The zero-order chi connectivity index (χ0) is 13.7. The highest BCUT2D eigenvalue weighted by Crippen LogP contribution is 2.35. The Bertz CT molecular complexity index is 204. The van der Waals surface area contributed by atoms with Crippen LogP contribution in [0.15, 0.2) is 0 Å². The summed E-state index contributed by atoms with van der Waals surface area (Å²) in [6.45, 7) is 6.88. The van der Waals surface area contributed by atoms with Crippen molar-refractivity contribution in [3.63, 3.8) is 0 Å². The molecule has 0 radical (unpaired) electrons. The second-order valence-corrected chi connectivity index (χ2v) is 4.10. The van der Waals surface area contributed by atoms with E-state index >= 15 is 0 Å². The summed E-state index contributed by atoms with van der Waals surface area (Å²) in [5.41, 5.74) is 0.0399. The number of carbonyl (C=O) groups is 2. The zero-order valence-electron chi connectivity index (χ0n) is 11.5. The fraction of sp³-hybridized carbons (Fsp3) is 0.846. The number of ketones is 1. The Morgan fingerprint density at radius 2 is 1.94 bits per heavy atom. The molecule has 0 aromatic carbocycles. The molecule has 0 bridgehead atoms. The Balaban J connectivity index is 0. The zero-order valence-corrected chi connectivity index (χ0v) is 11.5. The lowest BCUT2D eigenvalue weighted by atomic mass is 9.73. The van der Waals surface area contributed by atoms with Crippen molar-refractivity contribution < 1.29 is 19.4 Å². The molecule has 1 aliphatic rings. The number of aliphatic hydroxyl groups excluding tert-OH is 1. The van der Waals surface area contributed by atoms with E-state index < -0.39 is 0 Å². The topological polar surface area (TPSA) is 63.6 Å². The number of ether oxygens (including phenoxy) is 1. The summed E-state index contributed by atoms with van der Waals surface area (Å²) in [4.78, 5) is 20.5. The van der Waals surface area contributed by atoms with Crippen LogP contribution in [0.5, 0.6) is 0 Å². The van der Waals surface area contributed by atoms with E-state index in [0.29, 0.717) is 18.9 Å². The SMILES string of the molecule is CCC1(C)CCCCC1=O.CCOC=O.CO. The van der Waals surface area contributed by atoms with Crippen molar-refractivity contribution in [3.05, 3.63) is 0 Å². The van der Waals surface area contributed by atoms with Crippen molar-refractivity contribution in [1.82, 2.24) is 0 Å². The maximum atomic E-state index is 11.3. The molecule has 0 spiro atoms. The molecule has 1 atom stereocenters. The summed E-state index contributed by atoms with van der Waals surface area (Å²) >= 11 is 0. The molecule has 4 heteroatoms. The first-order valence-corrected chi connectivity index (χ1v) is 6.14. The molecule has 1 rings (SSSR count). The Kier molecular flexibility index (Phi) is 12.6. The van der Waals surface area contributed by atoms with Gasteiger partial charge in [-0.05, 0) is 26.2 Å². The van der Waals surface area contributed by atoms with Crippen molar-refractivity contribution in [3.8, 4) is 0 Å². The summed E-state index contributed by atoms with van der Waals surface area (Å²) in [5.74, 6) is 0.487. The van der Waals surface area contributed by atoms with Gasteiger partial charge in [-0.1, -0.05) is 20.3 Å². The Morgan fingerprint density at radius 3 is 2.18 bits per heavy atom. The van der Waals surface area contributed by atoms with E-state index in [1.54, 1.807) is 6.92 Å². The number of hydrogen-bond acceptors (Lipinski definition) is 4. The van der Waals surface area contributed by atoms with Crippen LogP contribution in [0.2, 0.25) is 0 Å². The van der Waals surface area contributed by atoms with Gasteiger partial charge in [-0.2, -0.15) is 0 Å². The van der Waals surface area contributed by atoms with Crippen LogP contribution in [0.25, 0.3) is 0 Å². The molecular weight excluding hydrogens is 220 g/mol. The fourth-order valence-corrected chi connectivity index (χ4v) is 1.68. The second-order valence-electron chi connectivity index (χ2n) is 4.10. The maximum absolute atomic E-state index is 11.3. The van der Waals surface area contributed by atoms with Gasteiger partial charge in [0.1, 0.15) is 5.78 Å². The molecule has 1 fully saturated rings. The summed E-state index contributed by atoms with van der Waals surface area (Å²) in [6.07, 6.45) is 5.32. The molecule has 0 aromatic heterocycles. The molecule has 4 nitrogen and oxygen atoms in total. The smallest absolute Gasteiger partial charge is 0.293 e. The normalized spacial score (nSPS) is 22.5. The standard InChI is InChI=1S/C9H16O.C3H6O2.CH4O/c1-3-9(2)7-5-4-6-8(9)10;1-2-5-3-4;1-2/h3-7H2,1-2H3;3H,2H2,1H3;2H,1H3. The maximum Gasteiger partial charge on any atom is 0.293 e. The van der Waals surface area contributed by atoms with Crippen molar-refractivity contribution >= 4 is 12.3 Å². The molecule has 0 amide bonds. The lowest BCUT2D eigenvalue weighted by Crippen LogP contribution is -2.30. The van der Waals surface area contributed by atoms with Crippen LogP contribution >= 0.6 is 0 Å². The fourth-order valence-electron chi connectivity index (χ4n) is 1.68. The van der Waals surface area contributed by atoms with Gasteiger partial charge in [-0.15, -0.1) is 0 Å². The van der Waals surface area contributed by atoms with E-state index in [4.69, 9.17) is 5.11 Å². The summed E-state index contributed by atoms with van der Waals surface area (Å²) in [7, 11) is 1.00. The molecule has 1 unspecified atom stereocenters. The summed E-state index contributed by atoms with van der Waals surface area (Å²) in [5, 5.41) is 7.00. The molecule has 0 aliphatic heterocycles. The second kappa shape index (κ2) is 11.6. The largest absolute Gasteiger partial charge is 0.468 e. The van der Waals surface area contributed by atoms with Gasteiger partial charge in [0.25, 0.3) is 6.47 Å². The summed E-state index contributed by atoms with van der Waals surface area (Å²) in [6, 6.07) is 0. The van der Waals surface area contributed by atoms with Gasteiger partial charge in [0, 0.05) is 18.9 Å². The minimum absolute atomic E-state index is 0.0399. The molecule has 102 valence electrons. The van der Waals surface area contributed by atoms with Crippen LogP contribution in [0.1, 0.15) is 52.9 Å². The number of aliphatic hydroxyl groups is 1. The number of hydrogen-bond donors (Lipinski definition) is 1. The van der Waals surface area contributed by atoms with Gasteiger partial charge in [0.15, 0.2) is 0 Å². The van der Waals surface area contributed by atoms with Crippen molar-refractivity contribution in [2.45, 2.75) is 52.9 Å². The van der Waals surface area contributed by atoms with E-state index in [-0.39, 0.29) is 5.41 Å². The third-order valence-electron chi connectivity index (χ3n) is 3.07. The number of carbonyl (C=O) groups excluding carboxylic acids is 2. The van der Waals surface area contributed by atoms with E-state index in [9.17, 15) is 9.59 Å². The molecule has 1 aliphatic carbocycles. The predicted molar refractivity (Wildman–Crippen MR) is 67.7 cm³/mol. The Hall–Kier alpha value is -0.900. The predicted octanol–water partition coefficient (Wildman–Crippen LogP) is 2.33. The minimum atomic E-state index is 0.0399. The van der Waals surface area contributed by atoms with E-state index in [0.717, 1.165) is 32.8 Å². The Labute approximate surface area is 104 Å². The highest BCUT2D eigenvalue weighted by atomic mass is 16.5. The van der Waals surface area contributed by atoms with E-state index in [1.807, 2.05) is 0 Å². The van der Waals surface area contributed by atoms with E-state index in [2.05, 4.69) is 18.6 Å². The first-order chi connectivity index (χ1) is 8.10. The van der Waals surface area contributed by atoms with Gasteiger partial charge >= 0.3 is 0 Å². The van der Waals surface area contributed by atoms with Gasteiger partial charge < -0.3 is 9.84 Å². The molecule has 1 saturated carbocycles. The average Bonchev–Trinajstić information content (AvgIpc) is 2.37. The van der Waals surface area contributed by atoms with Crippen LogP contribution in [-0.2, 0) is 14.3 Å². The van der Waals surface area contributed by atoms with Crippen molar-refractivity contribution in [2.24, 2.45) is 5.41 Å². The third-order valence-corrected chi connectivity index (χ3v) is 3.07. The van der Waals surface area contributed by atoms with Crippen molar-refractivity contribution in [2.75, 3.05) is 13.7 Å². The monoisotopic (exact) mass is 246 g/mol. The van der Waals surface area contributed by atoms with E-state index in [1.165, 1.54) is 6.42 Å². The van der Waals surface area contributed by atoms with Crippen LogP contribution in [0.4, 0.5) is 0 Å². The molecule has 1 N–H and O–H groups in total. The lowest BCUT2D eigenvalue weighted by Gasteiger charge is -2.30. The highest BCUT2D eigenvalue weighted by molar-refractivity contribution is 5.84. The Morgan fingerprint density at radius 1 is 1.35 bits per heavy atom. The van der Waals surface area contributed by atoms with Crippen LogP contribution in [0.3, 0.4) is 0 Å². The first-order valence-electron chi connectivity index (χ1n) is 6.14. The van der Waals surface area contributed by atoms with Crippen molar-refractivity contribution in [1.29, 1.82) is 0 Å². The van der Waals surface area contributed by atoms with Gasteiger partial charge in [-0.25, -0.2) is 0 Å². The average molecular weight is 246 g/mol. The number of rotatable bonds is 3. The first kappa shape index (κ1) is 18.5. The van der Waals surface area contributed by atoms with Gasteiger partial charge in [0.05, 0.1) is 6.61 Å². The van der Waals surface area contributed by atoms with Gasteiger partial charge in [-0.3, -0.25) is 9.59 Å². The lowest BCUT2D eigenvalue weighted by molar-refractivity contribution is -0.130. The molecular formula is C13H26O4. The quantitative estimate of drug-likeness (QED) is 0.776. The van der Waals surface area contributed by atoms with Gasteiger partial charge in [0.2, 0.25) is 0 Å². The minimum Gasteiger partial charge on any atom is -0.468 e. The highest BCUT2D eigenvalue weighted by Gasteiger charge is 2.32. The molecule has 0 saturated heterocycles. The van der Waals surface area contributed by atoms with Crippen LogP contribution in [-0.4, -0.2) is 31.1 Å². The number of Topliss-reactive ketones (excluding diaryl/α,β-unsaturated/α-hetero) is 1. The third kappa shape index (κ3) is 7.91. The summed E-state index contributed by atoms with van der Waals surface area (Å²) < 4.78 is 4.15. The molecule has 17 heavy (non-hydrogen) atoms. The molecule has 0 heterocycles. The van der Waals surface area contributed by atoms with Crippen LogP contribution < -0.4 is 0 Å². The molecule has 0 aromatic rings.